The lowest BCUT2D eigenvalue weighted by molar-refractivity contribution is 0.118. The van der Waals surface area contributed by atoms with Crippen LogP contribution in [0.15, 0.2) is 54.6 Å². The summed E-state index contributed by atoms with van der Waals surface area (Å²) in [6, 6.07) is 18.0. The predicted octanol–water partition coefficient (Wildman–Crippen LogP) is 3.70. The number of benzene rings is 2. The maximum Gasteiger partial charge on any atom is 0.129 e. The van der Waals surface area contributed by atoms with Crippen LogP contribution in [-0.4, -0.2) is 17.3 Å². The van der Waals surface area contributed by atoms with Crippen LogP contribution in [-0.2, 0) is 0 Å². The average Bonchev–Trinajstić information content (AvgIpc) is 2.56. The first kappa shape index (κ1) is 14.9. The first-order valence-corrected chi connectivity index (χ1v) is 7.82. The molecule has 0 aromatic heterocycles. The number of anilines is 1. The molecule has 1 fully saturated rings. The van der Waals surface area contributed by atoms with Gasteiger partial charge in [-0.1, -0.05) is 24.3 Å². The first-order chi connectivity index (χ1) is 10.8. The third kappa shape index (κ3) is 4.23. The smallest absolute Gasteiger partial charge is 0.129 e. The van der Waals surface area contributed by atoms with Gasteiger partial charge in [0.25, 0.3) is 0 Å². The first-order valence-electron chi connectivity index (χ1n) is 7.82. The average molecular weight is 298 g/mol. The van der Waals surface area contributed by atoms with E-state index in [2.05, 4.69) is 10.9 Å². The molecule has 0 amide bonds. The SMILES string of the molecule is OC1CCC(NNc2cccc(Oc3ccccc3)c2)CC1. The van der Waals surface area contributed by atoms with Crippen LogP contribution < -0.4 is 15.6 Å². The maximum absolute atomic E-state index is 9.52. The van der Waals surface area contributed by atoms with Gasteiger partial charge in [0.05, 0.1) is 11.8 Å². The molecule has 0 saturated heterocycles. The second kappa shape index (κ2) is 7.29. The fraction of sp³-hybridized carbons (Fsp3) is 0.333. The van der Waals surface area contributed by atoms with E-state index in [4.69, 9.17) is 4.74 Å². The van der Waals surface area contributed by atoms with E-state index in [1.54, 1.807) is 0 Å². The van der Waals surface area contributed by atoms with E-state index in [1.165, 1.54) is 0 Å². The normalized spacial score (nSPS) is 21.3. The number of hydrazine groups is 1. The van der Waals surface area contributed by atoms with Crippen molar-refractivity contribution in [2.75, 3.05) is 5.43 Å². The molecular formula is C18H22N2O2. The summed E-state index contributed by atoms with van der Waals surface area (Å²) in [5.74, 6) is 1.63. The standard InChI is InChI=1S/C18H22N2O2/c21-16-11-9-14(10-12-16)19-20-15-5-4-8-18(13-15)22-17-6-2-1-3-7-17/h1-8,13-14,16,19-21H,9-12H2. The van der Waals surface area contributed by atoms with Gasteiger partial charge in [-0.25, -0.2) is 5.43 Å². The van der Waals surface area contributed by atoms with Crippen molar-refractivity contribution in [1.82, 2.24) is 5.43 Å². The number of hydrogen-bond donors (Lipinski definition) is 3. The van der Waals surface area contributed by atoms with Gasteiger partial charge in [0.2, 0.25) is 0 Å². The fourth-order valence-corrected chi connectivity index (χ4v) is 2.67. The van der Waals surface area contributed by atoms with Gasteiger partial charge < -0.3 is 15.3 Å². The Morgan fingerprint density at radius 1 is 0.864 bits per heavy atom. The second-order valence-electron chi connectivity index (χ2n) is 5.72. The minimum Gasteiger partial charge on any atom is -0.457 e. The lowest BCUT2D eigenvalue weighted by atomic mass is 9.94. The van der Waals surface area contributed by atoms with Crippen LogP contribution in [0.25, 0.3) is 0 Å². The highest BCUT2D eigenvalue weighted by Crippen LogP contribution is 2.24. The zero-order valence-corrected chi connectivity index (χ0v) is 12.5. The van der Waals surface area contributed by atoms with Gasteiger partial charge in [-0.05, 0) is 49.9 Å². The van der Waals surface area contributed by atoms with E-state index in [0.717, 1.165) is 42.9 Å². The van der Waals surface area contributed by atoms with Crippen molar-refractivity contribution in [1.29, 1.82) is 0 Å². The lowest BCUT2D eigenvalue weighted by Gasteiger charge is -2.26. The van der Waals surface area contributed by atoms with Gasteiger partial charge in [0.15, 0.2) is 0 Å². The number of rotatable bonds is 5. The van der Waals surface area contributed by atoms with Crippen molar-refractivity contribution >= 4 is 5.69 Å². The van der Waals surface area contributed by atoms with Crippen molar-refractivity contribution in [2.45, 2.75) is 37.8 Å². The van der Waals surface area contributed by atoms with Crippen molar-refractivity contribution in [3.05, 3.63) is 54.6 Å². The molecular weight excluding hydrogens is 276 g/mol. The third-order valence-electron chi connectivity index (χ3n) is 3.93. The molecule has 1 saturated carbocycles. The molecule has 116 valence electrons. The van der Waals surface area contributed by atoms with Gasteiger partial charge in [-0.2, -0.15) is 0 Å². The van der Waals surface area contributed by atoms with Crippen molar-refractivity contribution < 1.29 is 9.84 Å². The van der Waals surface area contributed by atoms with Crippen LogP contribution in [0.5, 0.6) is 11.5 Å². The largest absolute Gasteiger partial charge is 0.457 e. The summed E-state index contributed by atoms with van der Waals surface area (Å²) in [6.45, 7) is 0. The van der Waals surface area contributed by atoms with Crippen LogP contribution in [0.4, 0.5) is 5.69 Å². The van der Waals surface area contributed by atoms with Crippen LogP contribution in [0.2, 0.25) is 0 Å². The lowest BCUT2D eigenvalue weighted by Crippen LogP contribution is -2.38. The van der Waals surface area contributed by atoms with E-state index in [1.807, 2.05) is 54.6 Å². The Bertz CT molecular complexity index is 581. The maximum atomic E-state index is 9.52. The number of hydrogen-bond acceptors (Lipinski definition) is 4. The number of nitrogens with one attached hydrogen (secondary N) is 2. The third-order valence-corrected chi connectivity index (χ3v) is 3.93. The fourth-order valence-electron chi connectivity index (χ4n) is 2.67. The highest BCUT2D eigenvalue weighted by atomic mass is 16.5. The Labute approximate surface area is 131 Å². The molecule has 3 rings (SSSR count). The molecule has 0 bridgehead atoms. The summed E-state index contributed by atoms with van der Waals surface area (Å²) in [4.78, 5) is 0. The molecule has 4 nitrogen and oxygen atoms in total. The zero-order chi connectivity index (χ0) is 15.2. The summed E-state index contributed by atoms with van der Waals surface area (Å²) in [6.07, 6.45) is 3.61. The molecule has 0 radical (unpaired) electrons. The van der Waals surface area contributed by atoms with Crippen molar-refractivity contribution in [3.8, 4) is 11.5 Å². The summed E-state index contributed by atoms with van der Waals surface area (Å²) < 4.78 is 5.82. The topological polar surface area (TPSA) is 53.5 Å². The molecule has 0 heterocycles. The molecule has 3 N–H and O–H groups in total. The Morgan fingerprint density at radius 3 is 2.36 bits per heavy atom. The Hall–Kier alpha value is -2.04. The number of aliphatic hydroxyl groups excluding tert-OH is 1. The van der Waals surface area contributed by atoms with Crippen molar-refractivity contribution in [3.63, 3.8) is 0 Å². The minimum absolute atomic E-state index is 0.124. The van der Waals surface area contributed by atoms with E-state index in [-0.39, 0.29) is 6.10 Å². The van der Waals surface area contributed by atoms with E-state index in [0.29, 0.717) is 6.04 Å². The van der Waals surface area contributed by atoms with Crippen LogP contribution in [0.3, 0.4) is 0 Å². The quantitative estimate of drug-likeness (QED) is 0.737. The molecule has 2 aromatic rings. The molecule has 1 aliphatic carbocycles. The van der Waals surface area contributed by atoms with E-state index >= 15 is 0 Å². The molecule has 0 unspecified atom stereocenters. The van der Waals surface area contributed by atoms with Gasteiger partial charge in [0.1, 0.15) is 11.5 Å². The minimum atomic E-state index is -0.124. The highest BCUT2D eigenvalue weighted by Gasteiger charge is 2.18. The van der Waals surface area contributed by atoms with Crippen LogP contribution in [0.1, 0.15) is 25.7 Å². The Balaban J connectivity index is 1.55. The van der Waals surface area contributed by atoms with E-state index in [9.17, 15) is 5.11 Å². The van der Waals surface area contributed by atoms with Gasteiger partial charge in [-0.15, -0.1) is 0 Å². The predicted molar refractivity (Wildman–Crippen MR) is 88.0 cm³/mol. The molecule has 0 aliphatic heterocycles. The van der Waals surface area contributed by atoms with E-state index < -0.39 is 0 Å². The number of ether oxygens (including phenoxy) is 1. The molecule has 0 atom stereocenters. The Kier molecular flexibility index (Phi) is 4.93. The highest BCUT2D eigenvalue weighted by molar-refractivity contribution is 5.48. The summed E-state index contributed by atoms with van der Waals surface area (Å²) in [5, 5.41) is 9.52. The summed E-state index contributed by atoms with van der Waals surface area (Å²) >= 11 is 0. The number of para-hydroxylation sites is 1. The Morgan fingerprint density at radius 2 is 1.59 bits per heavy atom. The van der Waals surface area contributed by atoms with Gasteiger partial charge in [0, 0.05) is 12.1 Å². The molecule has 4 heteroatoms. The van der Waals surface area contributed by atoms with Crippen molar-refractivity contribution in [2.24, 2.45) is 0 Å². The summed E-state index contributed by atoms with van der Waals surface area (Å²) in [7, 11) is 0. The zero-order valence-electron chi connectivity index (χ0n) is 12.5. The molecule has 22 heavy (non-hydrogen) atoms. The monoisotopic (exact) mass is 298 g/mol. The molecule has 2 aromatic carbocycles. The van der Waals surface area contributed by atoms with Gasteiger partial charge in [-0.3, -0.25) is 0 Å². The van der Waals surface area contributed by atoms with Gasteiger partial charge >= 0.3 is 0 Å². The van der Waals surface area contributed by atoms with Crippen LogP contribution in [0, 0.1) is 0 Å². The number of aliphatic hydroxyl groups is 1. The van der Waals surface area contributed by atoms with Crippen LogP contribution >= 0.6 is 0 Å². The molecule has 1 aliphatic rings. The summed E-state index contributed by atoms with van der Waals surface area (Å²) in [5.41, 5.74) is 7.55. The second-order valence-corrected chi connectivity index (χ2v) is 5.72. The molecule has 0 spiro atoms.